The third-order valence-electron chi connectivity index (χ3n) is 2.60. The molecular formula is C13H13ClN2O2S. The predicted molar refractivity (Wildman–Crippen MR) is 76.5 cm³/mol. The normalized spacial score (nSPS) is 10.3. The van der Waals surface area contributed by atoms with Crippen molar-refractivity contribution in [1.29, 1.82) is 0 Å². The van der Waals surface area contributed by atoms with E-state index in [1.807, 2.05) is 30.5 Å². The van der Waals surface area contributed by atoms with Crippen LogP contribution in [0.15, 0.2) is 29.6 Å². The third kappa shape index (κ3) is 3.26. The number of thiophene rings is 1. The number of rotatable bonds is 4. The van der Waals surface area contributed by atoms with Gasteiger partial charge in [-0.1, -0.05) is 11.6 Å². The van der Waals surface area contributed by atoms with Crippen molar-refractivity contribution in [2.24, 2.45) is 5.84 Å². The Hall–Kier alpha value is -1.56. The van der Waals surface area contributed by atoms with Crippen molar-refractivity contribution in [3.63, 3.8) is 0 Å². The fourth-order valence-corrected chi connectivity index (χ4v) is 2.68. The number of hydrogen-bond donors (Lipinski definition) is 2. The van der Waals surface area contributed by atoms with E-state index >= 15 is 0 Å². The zero-order valence-electron chi connectivity index (χ0n) is 10.3. The Labute approximate surface area is 120 Å². The monoisotopic (exact) mass is 296 g/mol. The van der Waals surface area contributed by atoms with Crippen LogP contribution in [-0.2, 0) is 6.61 Å². The van der Waals surface area contributed by atoms with Gasteiger partial charge >= 0.3 is 0 Å². The molecule has 0 atom stereocenters. The first-order chi connectivity index (χ1) is 9.11. The molecule has 2 aromatic rings. The number of amides is 1. The van der Waals surface area contributed by atoms with E-state index < -0.39 is 0 Å². The summed E-state index contributed by atoms with van der Waals surface area (Å²) in [4.78, 5) is 12.1. The highest BCUT2D eigenvalue weighted by Gasteiger charge is 2.12. The van der Waals surface area contributed by atoms with Crippen LogP contribution < -0.4 is 16.0 Å². The molecule has 6 heteroatoms. The summed E-state index contributed by atoms with van der Waals surface area (Å²) in [6.45, 7) is 2.23. The minimum atomic E-state index is -0.304. The van der Waals surface area contributed by atoms with Crippen LogP contribution in [-0.4, -0.2) is 5.91 Å². The number of halogens is 1. The average molecular weight is 297 g/mol. The molecule has 0 spiro atoms. The summed E-state index contributed by atoms with van der Waals surface area (Å²) < 4.78 is 5.70. The molecule has 0 fully saturated rings. The topological polar surface area (TPSA) is 64.3 Å². The van der Waals surface area contributed by atoms with Gasteiger partial charge in [0.2, 0.25) is 0 Å². The molecule has 100 valence electrons. The first kappa shape index (κ1) is 13.9. The first-order valence-corrected chi connectivity index (χ1v) is 6.84. The van der Waals surface area contributed by atoms with Gasteiger partial charge in [0.25, 0.3) is 5.91 Å². The lowest BCUT2D eigenvalue weighted by Crippen LogP contribution is -2.30. The largest absolute Gasteiger partial charge is 0.489 e. The van der Waals surface area contributed by atoms with Crippen molar-refractivity contribution in [3.8, 4) is 5.75 Å². The number of ether oxygens (including phenoxy) is 1. The summed E-state index contributed by atoms with van der Waals surface area (Å²) in [7, 11) is 0. The summed E-state index contributed by atoms with van der Waals surface area (Å²) in [6, 6.07) is 7.26. The van der Waals surface area contributed by atoms with Crippen LogP contribution in [0, 0.1) is 6.92 Å². The maximum Gasteiger partial charge on any atom is 0.275 e. The van der Waals surface area contributed by atoms with Crippen LogP contribution >= 0.6 is 22.9 Å². The molecule has 19 heavy (non-hydrogen) atoms. The zero-order valence-corrected chi connectivity index (χ0v) is 11.8. The fourth-order valence-electron chi connectivity index (χ4n) is 1.64. The molecule has 1 aromatic heterocycles. The lowest BCUT2D eigenvalue weighted by molar-refractivity contribution is 0.0955. The van der Waals surface area contributed by atoms with Gasteiger partial charge in [-0.05, 0) is 42.1 Å². The molecule has 1 heterocycles. The number of aryl methyl sites for hydroxylation is 1. The summed E-state index contributed by atoms with van der Waals surface area (Å²) in [5.41, 5.74) is 3.88. The number of benzene rings is 1. The standard InChI is InChI=1S/C13H13ClN2O2S/c1-8-6-10(14)2-3-11(8)18-7-9-4-5-19-12(9)13(17)16-15/h2-6H,7,15H2,1H3,(H,16,17). The number of nitrogens with one attached hydrogen (secondary N) is 1. The Balaban J connectivity index is 2.10. The number of hydrazine groups is 1. The van der Waals surface area contributed by atoms with Gasteiger partial charge in [-0.25, -0.2) is 5.84 Å². The fraction of sp³-hybridized carbons (Fsp3) is 0.154. The molecule has 0 saturated carbocycles. The molecule has 1 amide bonds. The second-order valence-corrected chi connectivity index (χ2v) is 5.30. The van der Waals surface area contributed by atoms with Crippen molar-refractivity contribution in [2.75, 3.05) is 0 Å². The predicted octanol–water partition coefficient (Wildman–Crippen LogP) is 2.89. The van der Waals surface area contributed by atoms with Gasteiger partial charge in [0.1, 0.15) is 12.4 Å². The lowest BCUT2D eigenvalue weighted by atomic mass is 10.2. The minimum Gasteiger partial charge on any atom is -0.489 e. The number of hydrogen-bond acceptors (Lipinski definition) is 4. The highest BCUT2D eigenvalue weighted by molar-refractivity contribution is 7.12. The van der Waals surface area contributed by atoms with Crippen LogP contribution in [0.4, 0.5) is 0 Å². The summed E-state index contributed by atoms with van der Waals surface area (Å²) in [6.07, 6.45) is 0. The van der Waals surface area contributed by atoms with Crippen molar-refractivity contribution in [3.05, 3.63) is 50.7 Å². The third-order valence-corrected chi connectivity index (χ3v) is 3.79. The molecule has 3 N–H and O–H groups in total. The van der Waals surface area contributed by atoms with Crippen molar-refractivity contribution >= 4 is 28.8 Å². The summed E-state index contributed by atoms with van der Waals surface area (Å²) in [5.74, 6) is 5.57. The quantitative estimate of drug-likeness (QED) is 0.518. The van der Waals surface area contributed by atoms with Gasteiger partial charge in [0, 0.05) is 10.6 Å². The van der Waals surface area contributed by atoms with E-state index in [-0.39, 0.29) is 5.91 Å². The van der Waals surface area contributed by atoms with Gasteiger partial charge < -0.3 is 4.74 Å². The number of carbonyl (C=O) groups is 1. The Morgan fingerprint density at radius 3 is 2.95 bits per heavy atom. The molecule has 0 bridgehead atoms. The number of nitrogen functional groups attached to an aromatic ring is 1. The van der Waals surface area contributed by atoms with Crippen molar-refractivity contribution in [1.82, 2.24) is 5.43 Å². The second-order valence-electron chi connectivity index (χ2n) is 3.95. The Morgan fingerprint density at radius 2 is 2.26 bits per heavy atom. The van der Waals surface area contributed by atoms with E-state index in [1.165, 1.54) is 11.3 Å². The summed E-state index contributed by atoms with van der Waals surface area (Å²) >= 11 is 7.21. The summed E-state index contributed by atoms with van der Waals surface area (Å²) in [5, 5.41) is 2.50. The second kappa shape index (κ2) is 6.06. The highest BCUT2D eigenvalue weighted by Crippen LogP contribution is 2.24. The minimum absolute atomic E-state index is 0.304. The SMILES string of the molecule is Cc1cc(Cl)ccc1OCc1ccsc1C(=O)NN. The Morgan fingerprint density at radius 1 is 1.47 bits per heavy atom. The van der Waals surface area contributed by atoms with Gasteiger partial charge in [-0.3, -0.25) is 10.2 Å². The van der Waals surface area contributed by atoms with E-state index in [0.29, 0.717) is 16.5 Å². The smallest absolute Gasteiger partial charge is 0.275 e. The van der Waals surface area contributed by atoms with Crippen molar-refractivity contribution < 1.29 is 9.53 Å². The molecule has 0 saturated heterocycles. The van der Waals surface area contributed by atoms with Crippen LogP contribution in [0.2, 0.25) is 5.02 Å². The molecule has 2 rings (SSSR count). The maximum absolute atomic E-state index is 11.5. The van der Waals surface area contributed by atoms with Crippen LogP contribution in [0.25, 0.3) is 0 Å². The van der Waals surface area contributed by atoms with Gasteiger partial charge in [0.05, 0.1) is 4.88 Å². The van der Waals surface area contributed by atoms with Crippen molar-refractivity contribution in [2.45, 2.75) is 13.5 Å². The van der Waals surface area contributed by atoms with Gasteiger partial charge in [-0.15, -0.1) is 11.3 Å². The van der Waals surface area contributed by atoms with Crippen LogP contribution in [0.5, 0.6) is 5.75 Å². The average Bonchev–Trinajstić information content (AvgIpc) is 2.85. The molecule has 0 aliphatic rings. The van der Waals surface area contributed by atoms with E-state index in [0.717, 1.165) is 16.9 Å². The Bertz CT molecular complexity index is 598. The van der Waals surface area contributed by atoms with E-state index in [1.54, 1.807) is 6.07 Å². The molecule has 1 aromatic carbocycles. The number of carbonyl (C=O) groups excluding carboxylic acids is 1. The molecule has 0 radical (unpaired) electrons. The molecular weight excluding hydrogens is 284 g/mol. The molecule has 4 nitrogen and oxygen atoms in total. The molecule has 0 unspecified atom stereocenters. The van der Waals surface area contributed by atoms with Crippen LogP contribution in [0.3, 0.4) is 0 Å². The zero-order chi connectivity index (χ0) is 13.8. The molecule has 0 aliphatic heterocycles. The van der Waals surface area contributed by atoms with Gasteiger partial charge in [0.15, 0.2) is 0 Å². The van der Waals surface area contributed by atoms with Gasteiger partial charge in [-0.2, -0.15) is 0 Å². The van der Waals surface area contributed by atoms with Crippen LogP contribution in [0.1, 0.15) is 20.8 Å². The van der Waals surface area contributed by atoms with E-state index in [4.69, 9.17) is 22.2 Å². The first-order valence-electron chi connectivity index (χ1n) is 5.58. The Kier molecular flexibility index (Phi) is 4.42. The molecule has 0 aliphatic carbocycles. The lowest BCUT2D eigenvalue weighted by Gasteiger charge is -2.09. The van der Waals surface area contributed by atoms with E-state index in [9.17, 15) is 4.79 Å². The number of nitrogens with two attached hydrogens (primary N) is 1. The highest BCUT2D eigenvalue weighted by atomic mass is 35.5. The van der Waals surface area contributed by atoms with E-state index in [2.05, 4.69) is 5.43 Å². The maximum atomic E-state index is 11.5.